The average Bonchev–Trinajstić information content (AvgIpc) is 2.92. The van der Waals surface area contributed by atoms with Crippen LogP contribution in [0.2, 0.25) is 0 Å². The van der Waals surface area contributed by atoms with Gasteiger partial charge in [-0.15, -0.1) is 0 Å². The summed E-state index contributed by atoms with van der Waals surface area (Å²) >= 11 is 0. The van der Waals surface area contributed by atoms with Gasteiger partial charge in [0.15, 0.2) is 0 Å². The first-order chi connectivity index (χ1) is 18.7. The lowest BCUT2D eigenvalue weighted by Gasteiger charge is -2.24. The Morgan fingerprint density at radius 3 is 1.16 bits per heavy atom. The molecule has 0 aromatic heterocycles. The number of aryl methyl sites for hydroxylation is 1. The molecule has 0 fully saturated rings. The van der Waals surface area contributed by atoms with Crippen LogP contribution < -0.4 is 0 Å². The molecule has 0 amide bonds. The molecule has 0 saturated heterocycles. The van der Waals surface area contributed by atoms with Crippen molar-refractivity contribution in [1.29, 1.82) is 0 Å². The predicted octanol–water partition coefficient (Wildman–Crippen LogP) is 12.5. The molecule has 222 valence electrons. The van der Waals surface area contributed by atoms with Gasteiger partial charge in [-0.3, -0.25) is 4.90 Å². The zero-order valence-electron chi connectivity index (χ0n) is 26.8. The Hall–Kier alpha value is -0.820. The molecular weight excluding hydrogens is 458 g/mol. The molecule has 0 unspecified atom stereocenters. The van der Waals surface area contributed by atoms with Gasteiger partial charge in [-0.25, -0.2) is 0 Å². The first kappa shape index (κ1) is 35.2. The van der Waals surface area contributed by atoms with Crippen LogP contribution in [-0.2, 0) is 6.54 Å². The number of rotatable bonds is 28. The first-order valence-electron chi connectivity index (χ1n) is 17.5. The van der Waals surface area contributed by atoms with E-state index < -0.39 is 0 Å². The molecule has 1 aromatic carbocycles. The van der Waals surface area contributed by atoms with Gasteiger partial charge in [-0.05, 0) is 56.5 Å². The van der Waals surface area contributed by atoms with E-state index in [1.807, 2.05) is 0 Å². The van der Waals surface area contributed by atoms with E-state index in [0.717, 1.165) is 6.54 Å². The maximum absolute atomic E-state index is 2.77. The summed E-state index contributed by atoms with van der Waals surface area (Å²) in [7, 11) is 0. The zero-order valence-corrected chi connectivity index (χ0v) is 26.8. The maximum Gasteiger partial charge on any atom is 0.0236 e. The summed E-state index contributed by atoms with van der Waals surface area (Å²) < 4.78 is 0. The van der Waals surface area contributed by atoms with E-state index in [4.69, 9.17) is 0 Å². The van der Waals surface area contributed by atoms with Gasteiger partial charge in [-0.1, -0.05) is 173 Å². The van der Waals surface area contributed by atoms with Crippen LogP contribution >= 0.6 is 0 Å². The molecule has 0 spiro atoms. The SMILES string of the molecule is CCCCCCCCCCCCCCN(CCCCCCCCCCCCCC)Cc1cccc(C)c1C. The molecule has 0 aliphatic rings. The first-order valence-corrected chi connectivity index (χ1v) is 17.5. The van der Waals surface area contributed by atoms with Crippen LogP contribution in [0.15, 0.2) is 18.2 Å². The van der Waals surface area contributed by atoms with Crippen LogP contribution in [0.25, 0.3) is 0 Å². The van der Waals surface area contributed by atoms with E-state index >= 15 is 0 Å². The fraction of sp³-hybridized carbons (Fsp3) is 0.838. The van der Waals surface area contributed by atoms with Gasteiger partial charge in [0.25, 0.3) is 0 Å². The summed E-state index contributed by atoms with van der Waals surface area (Å²) in [5.41, 5.74) is 4.49. The fourth-order valence-corrected chi connectivity index (χ4v) is 5.85. The highest BCUT2D eigenvalue weighted by atomic mass is 15.1. The van der Waals surface area contributed by atoms with Crippen molar-refractivity contribution in [2.45, 2.75) is 188 Å². The van der Waals surface area contributed by atoms with E-state index in [1.165, 1.54) is 178 Å². The molecule has 0 bridgehead atoms. The number of nitrogens with zero attached hydrogens (tertiary/aromatic N) is 1. The van der Waals surface area contributed by atoms with Crippen molar-refractivity contribution < 1.29 is 0 Å². The third-order valence-corrected chi connectivity index (χ3v) is 8.77. The van der Waals surface area contributed by atoms with Crippen LogP contribution in [0.3, 0.4) is 0 Å². The maximum atomic E-state index is 2.77. The van der Waals surface area contributed by atoms with E-state index in [0.29, 0.717) is 0 Å². The minimum Gasteiger partial charge on any atom is -0.299 e. The van der Waals surface area contributed by atoms with Crippen molar-refractivity contribution >= 4 is 0 Å². The second kappa shape index (κ2) is 26.4. The average molecular weight is 528 g/mol. The lowest BCUT2D eigenvalue weighted by Crippen LogP contribution is -2.26. The zero-order chi connectivity index (χ0) is 27.5. The third kappa shape index (κ3) is 20.1. The normalized spacial score (nSPS) is 11.6. The van der Waals surface area contributed by atoms with E-state index in [9.17, 15) is 0 Å². The number of unbranched alkanes of at least 4 members (excludes halogenated alkanes) is 22. The molecule has 0 aliphatic heterocycles. The summed E-state index contributed by atoms with van der Waals surface area (Å²) in [5, 5.41) is 0. The largest absolute Gasteiger partial charge is 0.299 e. The van der Waals surface area contributed by atoms with E-state index in [-0.39, 0.29) is 0 Å². The fourth-order valence-electron chi connectivity index (χ4n) is 5.85. The highest BCUT2D eigenvalue weighted by Gasteiger charge is 2.09. The smallest absolute Gasteiger partial charge is 0.0236 e. The lowest BCUT2D eigenvalue weighted by atomic mass is 10.0. The van der Waals surface area contributed by atoms with Gasteiger partial charge in [0.2, 0.25) is 0 Å². The Labute approximate surface area is 241 Å². The minimum atomic E-state index is 1.14. The minimum absolute atomic E-state index is 1.14. The van der Waals surface area contributed by atoms with Crippen molar-refractivity contribution in [3.05, 3.63) is 34.9 Å². The Morgan fingerprint density at radius 2 is 0.789 bits per heavy atom. The monoisotopic (exact) mass is 528 g/mol. The van der Waals surface area contributed by atoms with Crippen molar-refractivity contribution in [1.82, 2.24) is 4.90 Å². The Morgan fingerprint density at radius 1 is 0.447 bits per heavy atom. The number of benzene rings is 1. The quantitative estimate of drug-likeness (QED) is 0.0979. The molecule has 1 rings (SSSR count). The highest BCUT2D eigenvalue weighted by Crippen LogP contribution is 2.18. The van der Waals surface area contributed by atoms with Crippen molar-refractivity contribution in [2.24, 2.45) is 0 Å². The summed E-state index contributed by atoms with van der Waals surface area (Å²) in [4.78, 5) is 2.77. The van der Waals surface area contributed by atoms with Crippen molar-refractivity contribution in [2.75, 3.05) is 13.1 Å². The van der Waals surface area contributed by atoms with Crippen LogP contribution in [0, 0.1) is 13.8 Å². The molecule has 38 heavy (non-hydrogen) atoms. The van der Waals surface area contributed by atoms with Crippen LogP contribution in [0.1, 0.15) is 185 Å². The lowest BCUT2D eigenvalue weighted by molar-refractivity contribution is 0.251. The Bertz CT molecular complexity index is 593. The molecule has 1 heteroatoms. The van der Waals surface area contributed by atoms with E-state index in [2.05, 4.69) is 50.8 Å². The van der Waals surface area contributed by atoms with Crippen LogP contribution in [0.4, 0.5) is 0 Å². The topological polar surface area (TPSA) is 3.24 Å². The third-order valence-electron chi connectivity index (χ3n) is 8.77. The van der Waals surface area contributed by atoms with Gasteiger partial charge < -0.3 is 0 Å². The second-order valence-electron chi connectivity index (χ2n) is 12.4. The second-order valence-corrected chi connectivity index (χ2v) is 12.4. The predicted molar refractivity (Wildman–Crippen MR) is 173 cm³/mol. The summed E-state index contributed by atoms with van der Waals surface area (Å²) in [6, 6.07) is 6.88. The van der Waals surface area contributed by atoms with Crippen molar-refractivity contribution in [3.63, 3.8) is 0 Å². The Balaban J connectivity index is 2.19. The van der Waals surface area contributed by atoms with Crippen molar-refractivity contribution in [3.8, 4) is 0 Å². The number of hydrogen-bond acceptors (Lipinski definition) is 1. The van der Waals surface area contributed by atoms with Gasteiger partial charge >= 0.3 is 0 Å². The van der Waals surface area contributed by atoms with Crippen LogP contribution in [0.5, 0.6) is 0 Å². The molecule has 0 saturated carbocycles. The van der Waals surface area contributed by atoms with Gasteiger partial charge in [-0.2, -0.15) is 0 Å². The summed E-state index contributed by atoms with van der Waals surface area (Å²) in [6.45, 7) is 12.9. The molecule has 0 heterocycles. The molecule has 1 aromatic rings. The Kier molecular flexibility index (Phi) is 24.5. The van der Waals surface area contributed by atoms with Gasteiger partial charge in [0, 0.05) is 6.54 Å². The summed E-state index contributed by atoms with van der Waals surface area (Å²) in [5.74, 6) is 0. The molecule has 0 N–H and O–H groups in total. The molecule has 1 nitrogen and oxygen atoms in total. The standard InChI is InChI=1S/C37H69N/c1-5-7-9-11-13-15-17-19-21-23-25-27-32-38(34-37-31-29-30-35(3)36(37)4)33-28-26-24-22-20-18-16-14-12-10-8-6-2/h29-31H,5-28,32-34H2,1-4H3. The van der Waals surface area contributed by atoms with Gasteiger partial charge in [0.1, 0.15) is 0 Å². The number of hydrogen-bond donors (Lipinski definition) is 0. The van der Waals surface area contributed by atoms with Gasteiger partial charge in [0.05, 0.1) is 0 Å². The van der Waals surface area contributed by atoms with E-state index in [1.54, 1.807) is 5.56 Å². The summed E-state index contributed by atoms with van der Waals surface area (Å²) in [6.07, 6.45) is 34.5. The van der Waals surface area contributed by atoms with Crippen LogP contribution in [-0.4, -0.2) is 18.0 Å². The molecule has 0 atom stereocenters. The molecule has 0 radical (unpaired) electrons. The molecule has 0 aliphatic carbocycles. The highest BCUT2D eigenvalue weighted by molar-refractivity contribution is 5.32. The molecular formula is C37H69N.